The summed E-state index contributed by atoms with van der Waals surface area (Å²) < 4.78 is 9.98. The van der Waals surface area contributed by atoms with E-state index in [0.29, 0.717) is 22.7 Å². The fourth-order valence-electron chi connectivity index (χ4n) is 2.81. The molecule has 3 aromatic rings. The van der Waals surface area contributed by atoms with Crippen molar-refractivity contribution in [2.24, 2.45) is 5.73 Å². The van der Waals surface area contributed by atoms with Gasteiger partial charge in [-0.2, -0.15) is 0 Å². The highest BCUT2D eigenvalue weighted by Crippen LogP contribution is 2.25. The monoisotopic (exact) mass is 463 g/mol. The summed E-state index contributed by atoms with van der Waals surface area (Å²) in [5, 5.41) is 5.27. The van der Waals surface area contributed by atoms with E-state index < -0.39 is 18.1 Å². The number of hydrogen-bond acceptors (Lipinski definition) is 7. The molecule has 11 nitrogen and oxygen atoms in total. The number of urea groups is 1. The molecule has 4 amide bonds. The first-order valence-electron chi connectivity index (χ1n) is 9.89. The minimum absolute atomic E-state index is 0.148. The van der Waals surface area contributed by atoms with Gasteiger partial charge in [-0.3, -0.25) is 9.69 Å². The fourth-order valence-corrected chi connectivity index (χ4v) is 2.81. The second kappa shape index (κ2) is 10.6. The summed E-state index contributed by atoms with van der Waals surface area (Å²) in [6, 6.07) is 15.6. The third-order valence-electron chi connectivity index (χ3n) is 4.50. The van der Waals surface area contributed by atoms with Gasteiger partial charge in [0.2, 0.25) is 0 Å². The number of amides is 4. The Kier molecular flexibility index (Phi) is 7.39. The molecule has 0 bridgehead atoms. The number of anilines is 2. The number of hydrogen-bond donors (Lipinski definition) is 3. The number of pyridine rings is 1. The molecule has 174 valence electrons. The predicted octanol–water partition coefficient (Wildman–Crippen LogP) is 3.14. The normalized spacial score (nSPS) is 10.1. The first kappa shape index (κ1) is 23.7. The van der Waals surface area contributed by atoms with Gasteiger partial charge in [-0.15, -0.1) is 0 Å². The number of nitrogens with one attached hydrogen (secondary N) is 2. The first-order chi connectivity index (χ1) is 16.3. The third-order valence-corrected chi connectivity index (χ3v) is 4.50. The molecular formula is C23H21N5O6. The zero-order chi connectivity index (χ0) is 24.7. The molecule has 0 aliphatic rings. The van der Waals surface area contributed by atoms with Crippen molar-refractivity contribution in [2.75, 3.05) is 24.3 Å². The Morgan fingerprint density at radius 1 is 0.971 bits per heavy atom. The molecule has 3 rings (SSSR count). The van der Waals surface area contributed by atoms with E-state index in [1.807, 2.05) is 0 Å². The van der Waals surface area contributed by atoms with Gasteiger partial charge in [-0.25, -0.2) is 19.4 Å². The van der Waals surface area contributed by atoms with E-state index in [0.717, 1.165) is 0 Å². The number of aromatic nitrogens is 1. The van der Waals surface area contributed by atoms with Crippen LogP contribution in [0.4, 0.5) is 21.0 Å². The lowest BCUT2D eigenvalue weighted by atomic mass is 10.2. The summed E-state index contributed by atoms with van der Waals surface area (Å²) in [4.78, 5) is 52.0. The summed E-state index contributed by atoms with van der Waals surface area (Å²) in [6.45, 7) is 0. The molecule has 11 heteroatoms. The topological polar surface area (TPSA) is 153 Å². The first-order valence-corrected chi connectivity index (χ1v) is 9.89. The second-order valence-electron chi connectivity index (χ2n) is 6.83. The number of carbonyl (C=O) groups excluding carboxylic acids is 4. The van der Waals surface area contributed by atoms with Crippen LogP contribution in [0.5, 0.6) is 11.5 Å². The maximum absolute atomic E-state index is 12.6. The molecule has 0 atom stereocenters. The average molecular weight is 463 g/mol. The highest BCUT2D eigenvalue weighted by Gasteiger charge is 2.14. The maximum atomic E-state index is 12.6. The number of nitrogens with two attached hydrogens (primary N) is 1. The summed E-state index contributed by atoms with van der Waals surface area (Å²) in [7, 11) is 3.12. The Labute approximate surface area is 194 Å². The van der Waals surface area contributed by atoms with Gasteiger partial charge in [0.05, 0.1) is 0 Å². The lowest BCUT2D eigenvalue weighted by Gasteiger charge is -2.19. The number of primary amides is 1. The van der Waals surface area contributed by atoms with E-state index in [9.17, 15) is 19.2 Å². The van der Waals surface area contributed by atoms with Crippen molar-refractivity contribution in [3.8, 4) is 11.5 Å². The van der Waals surface area contributed by atoms with Crippen LogP contribution in [0, 0.1) is 0 Å². The average Bonchev–Trinajstić information content (AvgIpc) is 2.83. The molecule has 0 aliphatic heterocycles. The molecule has 0 spiro atoms. The molecular weight excluding hydrogens is 442 g/mol. The van der Waals surface area contributed by atoms with Gasteiger partial charge in [0.25, 0.3) is 5.91 Å². The SMILES string of the molecule is CNC(=O)c1cccc(NC(=O)N(C)c2ccc(Oc3ccnc(C(=O)OC(N)=O)c3)cc2)c1. The van der Waals surface area contributed by atoms with E-state index in [-0.39, 0.29) is 17.4 Å². The number of esters is 1. The molecule has 0 fully saturated rings. The zero-order valence-electron chi connectivity index (χ0n) is 18.3. The van der Waals surface area contributed by atoms with Crippen molar-refractivity contribution in [2.45, 2.75) is 0 Å². The highest BCUT2D eigenvalue weighted by atomic mass is 16.6. The van der Waals surface area contributed by atoms with Gasteiger partial charge in [0.15, 0.2) is 5.69 Å². The number of ether oxygens (including phenoxy) is 2. The number of benzene rings is 2. The Bertz CT molecular complexity index is 1230. The number of carbonyl (C=O) groups is 4. The number of rotatable bonds is 6. The molecule has 0 unspecified atom stereocenters. The summed E-state index contributed by atoms with van der Waals surface area (Å²) in [6.07, 6.45) is 0.0828. The largest absolute Gasteiger partial charge is 0.457 e. The maximum Gasteiger partial charge on any atom is 0.412 e. The van der Waals surface area contributed by atoms with Crippen LogP contribution in [-0.2, 0) is 4.74 Å². The Balaban J connectivity index is 1.65. The van der Waals surface area contributed by atoms with Crippen molar-refractivity contribution in [1.29, 1.82) is 0 Å². The van der Waals surface area contributed by atoms with Crippen molar-refractivity contribution in [3.63, 3.8) is 0 Å². The van der Waals surface area contributed by atoms with Crippen LogP contribution in [0.25, 0.3) is 0 Å². The van der Waals surface area contributed by atoms with Crippen LogP contribution in [0.3, 0.4) is 0 Å². The van der Waals surface area contributed by atoms with Crippen molar-refractivity contribution < 1.29 is 28.7 Å². The number of nitrogens with zero attached hydrogens (tertiary/aromatic N) is 2. The molecule has 2 aromatic carbocycles. The molecule has 0 saturated heterocycles. The molecule has 0 saturated carbocycles. The minimum Gasteiger partial charge on any atom is -0.457 e. The smallest absolute Gasteiger partial charge is 0.412 e. The third kappa shape index (κ3) is 6.07. The van der Waals surface area contributed by atoms with Gasteiger partial charge in [-0.1, -0.05) is 6.07 Å². The molecule has 4 N–H and O–H groups in total. The fraction of sp³-hybridized carbons (Fsp3) is 0.0870. The van der Waals surface area contributed by atoms with Crippen LogP contribution in [0.15, 0.2) is 66.9 Å². The van der Waals surface area contributed by atoms with Crippen LogP contribution in [0.2, 0.25) is 0 Å². The van der Waals surface area contributed by atoms with Crippen LogP contribution >= 0.6 is 0 Å². The van der Waals surface area contributed by atoms with E-state index in [2.05, 4.69) is 20.4 Å². The van der Waals surface area contributed by atoms with Crippen LogP contribution in [-0.4, -0.2) is 43.1 Å². The Morgan fingerprint density at radius 2 is 1.71 bits per heavy atom. The molecule has 34 heavy (non-hydrogen) atoms. The lowest BCUT2D eigenvalue weighted by Crippen LogP contribution is -2.31. The highest BCUT2D eigenvalue weighted by molar-refractivity contribution is 6.02. The summed E-state index contributed by atoms with van der Waals surface area (Å²) >= 11 is 0. The second-order valence-corrected chi connectivity index (χ2v) is 6.83. The van der Waals surface area contributed by atoms with Gasteiger partial charge < -0.3 is 25.8 Å². The Hall–Kier alpha value is -4.93. The summed E-state index contributed by atoms with van der Waals surface area (Å²) in [5.41, 5.74) is 6.15. The van der Waals surface area contributed by atoms with Gasteiger partial charge in [-0.05, 0) is 48.5 Å². The zero-order valence-corrected chi connectivity index (χ0v) is 18.3. The molecule has 1 heterocycles. The van der Waals surface area contributed by atoms with Gasteiger partial charge in [0, 0.05) is 43.3 Å². The Morgan fingerprint density at radius 3 is 2.38 bits per heavy atom. The quantitative estimate of drug-likeness (QED) is 0.375. The summed E-state index contributed by atoms with van der Waals surface area (Å²) in [5.74, 6) is -0.551. The van der Waals surface area contributed by atoms with E-state index in [1.54, 1.807) is 55.6 Å². The van der Waals surface area contributed by atoms with Crippen LogP contribution < -0.4 is 26.0 Å². The van der Waals surface area contributed by atoms with E-state index in [1.165, 1.54) is 30.3 Å². The minimum atomic E-state index is -1.24. The van der Waals surface area contributed by atoms with Crippen molar-refractivity contribution >= 4 is 35.4 Å². The molecule has 0 radical (unpaired) electrons. The van der Waals surface area contributed by atoms with Gasteiger partial charge in [0.1, 0.15) is 11.5 Å². The van der Waals surface area contributed by atoms with Crippen LogP contribution in [0.1, 0.15) is 20.8 Å². The van der Waals surface area contributed by atoms with E-state index in [4.69, 9.17) is 10.5 Å². The van der Waals surface area contributed by atoms with Crippen molar-refractivity contribution in [1.82, 2.24) is 10.3 Å². The standard InChI is InChI=1S/C23H21N5O6/c1-25-20(29)14-4-3-5-15(12-14)27-23(32)28(2)16-6-8-17(9-7-16)33-18-10-11-26-19(13-18)21(30)34-22(24)31/h3-13H,1-2H3,(H2,24,31)(H,25,29)(H,27,32). The molecule has 0 aliphatic carbocycles. The van der Waals surface area contributed by atoms with Gasteiger partial charge >= 0.3 is 18.1 Å². The van der Waals surface area contributed by atoms with E-state index >= 15 is 0 Å². The predicted molar refractivity (Wildman–Crippen MR) is 123 cm³/mol. The lowest BCUT2D eigenvalue weighted by molar-refractivity contribution is 0.0631. The molecule has 1 aromatic heterocycles. The van der Waals surface area contributed by atoms with Crippen molar-refractivity contribution in [3.05, 3.63) is 78.1 Å².